The molecule has 3 aliphatic rings. The van der Waals surface area contributed by atoms with Crippen LogP contribution in [0, 0.1) is 5.92 Å². The number of carbonyl (C=O) groups excluding carboxylic acids is 3. The second-order valence-corrected chi connectivity index (χ2v) is 7.35. The SMILES string of the molecule is CNCC1CCN(C(=O)CN2C(=O)NC3(CCCCC3)C2=O)CC1. The summed E-state index contributed by atoms with van der Waals surface area (Å²) in [6.45, 7) is 2.26. The summed E-state index contributed by atoms with van der Waals surface area (Å²) < 4.78 is 0. The van der Waals surface area contributed by atoms with Crippen LogP contribution in [-0.2, 0) is 9.59 Å². The van der Waals surface area contributed by atoms with Crippen LogP contribution in [0.1, 0.15) is 44.9 Å². The molecule has 1 spiro atoms. The van der Waals surface area contributed by atoms with E-state index in [2.05, 4.69) is 10.6 Å². The first kappa shape index (κ1) is 17.2. The van der Waals surface area contributed by atoms with E-state index in [-0.39, 0.29) is 18.4 Å². The van der Waals surface area contributed by atoms with Gasteiger partial charge in [0.1, 0.15) is 12.1 Å². The van der Waals surface area contributed by atoms with Crippen molar-refractivity contribution in [2.24, 2.45) is 5.92 Å². The zero-order chi connectivity index (χ0) is 17.2. The first-order valence-electron chi connectivity index (χ1n) is 9.12. The molecule has 2 heterocycles. The molecule has 0 radical (unpaired) electrons. The molecule has 0 aromatic heterocycles. The third-order valence-corrected chi connectivity index (χ3v) is 5.71. The van der Waals surface area contributed by atoms with Crippen LogP contribution in [0.25, 0.3) is 0 Å². The van der Waals surface area contributed by atoms with Crippen LogP contribution in [0.15, 0.2) is 0 Å². The molecule has 1 aliphatic carbocycles. The molecule has 3 fully saturated rings. The lowest BCUT2D eigenvalue weighted by atomic mass is 9.82. The quantitative estimate of drug-likeness (QED) is 0.741. The molecule has 3 rings (SSSR count). The highest BCUT2D eigenvalue weighted by atomic mass is 16.2. The van der Waals surface area contributed by atoms with Crippen molar-refractivity contribution in [3.05, 3.63) is 0 Å². The minimum atomic E-state index is -0.741. The van der Waals surface area contributed by atoms with Gasteiger partial charge in [0.2, 0.25) is 5.91 Å². The van der Waals surface area contributed by atoms with Crippen molar-refractivity contribution in [2.75, 3.05) is 33.2 Å². The third kappa shape index (κ3) is 3.27. The van der Waals surface area contributed by atoms with Gasteiger partial charge < -0.3 is 15.5 Å². The summed E-state index contributed by atoms with van der Waals surface area (Å²) in [6, 6.07) is -0.402. The maximum atomic E-state index is 12.7. The van der Waals surface area contributed by atoms with Crippen LogP contribution in [0.2, 0.25) is 0 Å². The Morgan fingerprint density at radius 3 is 2.50 bits per heavy atom. The van der Waals surface area contributed by atoms with E-state index in [4.69, 9.17) is 0 Å². The van der Waals surface area contributed by atoms with Crippen LogP contribution in [-0.4, -0.2) is 66.4 Å². The molecule has 1 saturated carbocycles. The molecule has 0 aromatic carbocycles. The van der Waals surface area contributed by atoms with E-state index < -0.39 is 11.6 Å². The molecule has 0 unspecified atom stereocenters. The van der Waals surface area contributed by atoms with E-state index in [1.807, 2.05) is 7.05 Å². The summed E-state index contributed by atoms with van der Waals surface area (Å²) in [4.78, 5) is 40.4. The molecule has 0 aromatic rings. The Morgan fingerprint density at radius 2 is 1.88 bits per heavy atom. The normalized spacial score (nSPS) is 24.5. The van der Waals surface area contributed by atoms with Gasteiger partial charge in [0, 0.05) is 13.1 Å². The molecule has 2 saturated heterocycles. The van der Waals surface area contributed by atoms with E-state index in [1.54, 1.807) is 4.90 Å². The summed E-state index contributed by atoms with van der Waals surface area (Å²) in [6.07, 6.45) is 6.33. The lowest BCUT2D eigenvalue weighted by Gasteiger charge is -2.33. The smallest absolute Gasteiger partial charge is 0.325 e. The molecule has 4 amide bonds. The highest BCUT2D eigenvalue weighted by Crippen LogP contribution is 2.33. The summed E-state index contributed by atoms with van der Waals surface area (Å²) in [7, 11) is 1.94. The van der Waals surface area contributed by atoms with Gasteiger partial charge in [0.25, 0.3) is 5.91 Å². The highest BCUT2D eigenvalue weighted by molar-refractivity contribution is 6.09. The largest absolute Gasteiger partial charge is 0.341 e. The van der Waals surface area contributed by atoms with Crippen molar-refractivity contribution in [3.63, 3.8) is 0 Å². The Balaban J connectivity index is 1.57. The number of hydrogen-bond acceptors (Lipinski definition) is 4. The first-order chi connectivity index (χ1) is 11.6. The Labute approximate surface area is 143 Å². The minimum Gasteiger partial charge on any atom is -0.341 e. The predicted octanol–water partition coefficient (Wildman–Crippen LogP) is 0.699. The van der Waals surface area contributed by atoms with Gasteiger partial charge in [-0.2, -0.15) is 0 Å². The number of piperidine rings is 1. The molecule has 134 valence electrons. The molecular weight excluding hydrogens is 308 g/mol. The van der Waals surface area contributed by atoms with Gasteiger partial charge in [-0.1, -0.05) is 19.3 Å². The van der Waals surface area contributed by atoms with Crippen LogP contribution < -0.4 is 10.6 Å². The van der Waals surface area contributed by atoms with Crippen molar-refractivity contribution in [2.45, 2.75) is 50.5 Å². The van der Waals surface area contributed by atoms with Crippen LogP contribution in [0.5, 0.6) is 0 Å². The van der Waals surface area contributed by atoms with Crippen molar-refractivity contribution < 1.29 is 14.4 Å². The fourth-order valence-electron chi connectivity index (χ4n) is 4.22. The summed E-state index contributed by atoms with van der Waals surface area (Å²) in [5, 5.41) is 6.04. The summed E-state index contributed by atoms with van der Waals surface area (Å²) in [5.41, 5.74) is -0.741. The van der Waals surface area contributed by atoms with Crippen molar-refractivity contribution in [3.8, 4) is 0 Å². The number of amides is 4. The van der Waals surface area contributed by atoms with Crippen LogP contribution in [0.3, 0.4) is 0 Å². The lowest BCUT2D eigenvalue weighted by molar-refractivity contribution is -0.140. The highest BCUT2D eigenvalue weighted by Gasteiger charge is 2.51. The fraction of sp³-hybridized carbons (Fsp3) is 0.824. The third-order valence-electron chi connectivity index (χ3n) is 5.71. The minimum absolute atomic E-state index is 0.116. The molecule has 2 aliphatic heterocycles. The van der Waals surface area contributed by atoms with Gasteiger partial charge in [-0.15, -0.1) is 0 Å². The number of urea groups is 1. The van der Waals surface area contributed by atoms with Crippen molar-refractivity contribution in [1.82, 2.24) is 20.4 Å². The average molecular weight is 336 g/mol. The number of nitrogens with one attached hydrogen (secondary N) is 2. The topological polar surface area (TPSA) is 81.8 Å². The number of nitrogens with zero attached hydrogens (tertiary/aromatic N) is 2. The second-order valence-electron chi connectivity index (χ2n) is 7.35. The second kappa shape index (κ2) is 7.09. The number of carbonyl (C=O) groups is 3. The maximum absolute atomic E-state index is 12.7. The van der Waals surface area contributed by atoms with E-state index in [0.717, 1.165) is 43.5 Å². The number of rotatable bonds is 4. The van der Waals surface area contributed by atoms with Crippen LogP contribution in [0.4, 0.5) is 4.79 Å². The van der Waals surface area contributed by atoms with Gasteiger partial charge in [-0.3, -0.25) is 14.5 Å². The molecular formula is C17H28N4O3. The predicted molar refractivity (Wildman–Crippen MR) is 89.3 cm³/mol. The maximum Gasteiger partial charge on any atom is 0.325 e. The Bertz CT molecular complexity index is 508. The molecule has 0 atom stereocenters. The number of likely N-dealkylation sites (tertiary alicyclic amines) is 1. The lowest BCUT2D eigenvalue weighted by Crippen LogP contribution is -2.49. The fourth-order valence-corrected chi connectivity index (χ4v) is 4.22. The van der Waals surface area contributed by atoms with E-state index in [0.29, 0.717) is 31.8 Å². The van der Waals surface area contributed by atoms with E-state index in [9.17, 15) is 14.4 Å². The average Bonchev–Trinajstić information content (AvgIpc) is 2.80. The summed E-state index contributed by atoms with van der Waals surface area (Å²) in [5.74, 6) is 0.279. The zero-order valence-electron chi connectivity index (χ0n) is 14.5. The Hall–Kier alpha value is -1.63. The molecule has 24 heavy (non-hydrogen) atoms. The molecule has 7 nitrogen and oxygen atoms in total. The Morgan fingerprint density at radius 1 is 1.21 bits per heavy atom. The van der Waals surface area contributed by atoms with E-state index in [1.165, 1.54) is 0 Å². The molecule has 0 bridgehead atoms. The van der Waals surface area contributed by atoms with Gasteiger partial charge in [-0.05, 0) is 45.2 Å². The van der Waals surface area contributed by atoms with Gasteiger partial charge in [0.05, 0.1) is 0 Å². The number of imide groups is 1. The monoisotopic (exact) mass is 336 g/mol. The number of hydrogen-bond donors (Lipinski definition) is 2. The molecule has 2 N–H and O–H groups in total. The van der Waals surface area contributed by atoms with E-state index >= 15 is 0 Å². The van der Waals surface area contributed by atoms with Crippen molar-refractivity contribution in [1.29, 1.82) is 0 Å². The van der Waals surface area contributed by atoms with Gasteiger partial charge >= 0.3 is 6.03 Å². The van der Waals surface area contributed by atoms with Gasteiger partial charge in [0.15, 0.2) is 0 Å². The first-order valence-corrected chi connectivity index (χ1v) is 9.12. The Kier molecular flexibility index (Phi) is 5.08. The molecule has 7 heteroatoms. The van der Waals surface area contributed by atoms with Crippen molar-refractivity contribution >= 4 is 17.8 Å². The van der Waals surface area contributed by atoms with Gasteiger partial charge in [-0.25, -0.2) is 4.79 Å². The zero-order valence-corrected chi connectivity index (χ0v) is 14.5. The van der Waals surface area contributed by atoms with Crippen LogP contribution >= 0.6 is 0 Å². The standard InChI is InChI=1S/C17H28N4O3/c1-18-11-13-5-9-20(10-6-13)14(22)12-21-15(23)17(19-16(21)24)7-3-2-4-8-17/h13,18H,2-12H2,1H3,(H,19,24). The summed E-state index contributed by atoms with van der Waals surface area (Å²) >= 11 is 0.